The molecular formula is C18H22FN3O. The van der Waals surface area contributed by atoms with Crippen LogP contribution >= 0.6 is 0 Å². The van der Waals surface area contributed by atoms with Gasteiger partial charge in [-0.3, -0.25) is 9.78 Å². The van der Waals surface area contributed by atoms with Gasteiger partial charge in [0.15, 0.2) is 0 Å². The zero-order valence-corrected chi connectivity index (χ0v) is 13.4. The zero-order valence-electron chi connectivity index (χ0n) is 13.4. The Hall–Kier alpha value is -2.01. The van der Waals surface area contributed by atoms with Crippen LogP contribution in [0, 0.1) is 12.7 Å². The number of benzene rings is 1. The highest BCUT2D eigenvalue weighted by Gasteiger charge is 2.14. The Kier molecular flexibility index (Phi) is 4.86. The molecule has 1 N–H and O–H groups in total. The Balaban J connectivity index is 1.71. The average Bonchev–Trinajstić information content (AvgIpc) is 2.55. The van der Waals surface area contributed by atoms with Gasteiger partial charge in [-0.1, -0.05) is 6.42 Å². The number of carbonyl (C=O) groups is 1. The van der Waals surface area contributed by atoms with Crippen molar-refractivity contribution in [2.24, 2.45) is 0 Å². The molecule has 2 aromatic rings. The summed E-state index contributed by atoms with van der Waals surface area (Å²) in [6.07, 6.45) is 3.78. The standard InChI is InChI=1S/C18H22FN3O/c1-13-11-16(15-12-14(19)5-6-17(15)21-13)18(23)20-7-10-22-8-3-2-4-9-22/h5-6,11-12H,2-4,7-10H2,1H3,(H,20,23). The second-order valence-electron chi connectivity index (χ2n) is 6.13. The number of rotatable bonds is 4. The van der Waals surface area contributed by atoms with Gasteiger partial charge in [0.2, 0.25) is 0 Å². The largest absolute Gasteiger partial charge is 0.351 e. The smallest absolute Gasteiger partial charge is 0.252 e. The quantitative estimate of drug-likeness (QED) is 0.943. The van der Waals surface area contributed by atoms with Crippen molar-refractivity contribution in [1.82, 2.24) is 15.2 Å². The first-order valence-corrected chi connectivity index (χ1v) is 8.21. The molecule has 0 saturated carbocycles. The number of aromatic nitrogens is 1. The Morgan fingerprint density at radius 2 is 2.04 bits per heavy atom. The summed E-state index contributed by atoms with van der Waals surface area (Å²) in [6.45, 7) is 5.53. The normalized spacial score (nSPS) is 15.7. The van der Waals surface area contributed by atoms with Gasteiger partial charge in [-0.2, -0.15) is 0 Å². The molecule has 2 heterocycles. The van der Waals surface area contributed by atoms with E-state index in [9.17, 15) is 9.18 Å². The molecule has 0 aliphatic carbocycles. The van der Waals surface area contributed by atoms with Crippen LogP contribution in [0.5, 0.6) is 0 Å². The number of nitrogens with zero attached hydrogens (tertiary/aromatic N) is 2. The molecule has 3 rings (SSSR count). The van der Waals surface area contributed by atoms with Gasteiger partial charge in [0.25, 0.3) is 5.91 Å². The molecule has 1 aromatic carbocycles. The third-order valence-electron chi connectivity index (χ3n) is 4.31. The maximum atomic E-state index is 13.5. The second kappa shape index (κ2) is 7.04. The predicted molar refractivity (Wildman–Crippen MR) is 89.1 cm³/mol. The number of likely N-dealkylation sites (tertiary alicyclic amines) is 1. The topological polar surface area (TPSA) is 45.2 Å². The number of amides is 1. The van der Waals surface area contributed by atoms with Crippen LogP contribution in [0.15, 0.2) is 24.3 Å². The van der Waals surface area contributed by atoms with E-state index in [1.807, 2.05) is 6.92 Å². The second-order valence-corrected chi connectivity index (χ2v) is 6.13. The fourth-order valence-electron chi connectivity index (χ4n) is 3.12. The molecule has 0 bridgehead atoms. The first kappa shape index (κ1) is 15.9. The molecule has 4 nitrogen and oxygen atoms in total. The van der Waals surface area contributed by atoms with Crippen LogP contribution in [0.3, 0.4) is 0 Å². The van der Waals surface area contributed by atoms with E-state index in [4.69, 9.17) is 0 Å². The summed E-state index contributed by atoms with van der Waals surface area (Å²) < 4.78 is 13.5. The van der Waals surface area contributed by atoms with Gasteiger partial charge < -0.3 is 10.2 Å². The van der Waals surface area contributed by atoms with Gasteiger partial charge in [0, 0.05) is 24.2 Å². The van der Waals surface area contributed by atoms with Gasteiger partial charge in [-0.25, -0.2) is 4.39 Å². The van der Waals surface area contributed by atoms with E-state index < -0.39 is 0 Å². The van der Waals surface area contributed by atoms with Crippen molar-refractivity contribution in [1.29, 1.82) is 0 Å². The molecular weight excluding hydrogens is 293 g/mol. The Bertz CT molecular complexity index is 711. The molecule has 1 saturated heterocycles. The lowest BCUT2D eigenvalue weighted by Crippen LogP contribution is -2.37. The molecule has 1 aliphatic rings. The number of nitrogens with one attached hydrogen (secondary N) is 1. The summed E-state index contributed by atoms with van der Waals surface area (Å²) >= 11 is 0. The molecule has 1 aliphatic heterocycles. The van der Waals surface area contributed by atoms with E-state index in [0.717, 1.165) is 25.3 Å². The molecule has 0 unspecified atom stereocenters. The third-order valence-corrected chi connectivity index (χ3v) is 4.31. The van der Waals surface area contributed by atoms with Crippen LogP contribution in [0.4, 0.5) is 4.39 Å². The minimum absolute atomic E-state index is 0.164. The molecule has 0 spiro atoms. The maximum absolute atomic E-state index is 13.5. The fourth-order valence-corrected chi connectivity index (χ4v) is 3.12. The minimum atomic E-state index is -0.356. The number of fused-ring (bicyclic) bond motifs is 1. The highest BCUT2D eigenvalue weighted by Crippen LogP contribution is 2.19. The van der Waals surface area contributed by atoms with Crippen LogP contribution in [-0.4, -0.2) is 42.0 Å². The Morgan fingerprint density at radius 1 is 1.26 bits per heavy atom. The van der Waals surface area contributed by atoms with Crippen LogP contribution in [0.25, 0.3) is 10.9 Å². The monoisotopic (exact) mass is 315 g/mol. The van der Waals surface area contributed by atoms with Crippen LogP contribution in [0.2, 0.25) is 0 Å². The first-order valence-electron chi connectivity index (χ1n) is 8.21. The van der Waals surface area contributed by atoms with E-state index in [2.05, 4.69) is 15.2 Å². The summed E-state index contributed by atoms with van der Waals surface area (Å²) in [6, 6.07) is 6.08. The van der Waals surface area contributed by atoms with Crippen molar-refractivity contribution in [3.8, 4) is 0 Å². The van der Waals surface area contributed by atoms with Gasteiger partial charge in [-0.05, 0) is 57.1 Å². The van der Waals surface area contributed by atoms with Gasteiger partial charge in [0.05, 0.1) is 11.1 Å². The number of piperidine rings is 1. The van der Waals surface area contributed by atoms with Crippen LogP contribution < -0.4 is 5.32 Å². The van der Waals surface area contributed by atoms with E-state index in [1.54, 1.807) is 12.1 Å². The van der Waals surface area contributed by atoms with Crippen molar-refractivity contribution in [3.05, 3.63) is 41.3 Å². The summed E-state index contributed by atoms with van der Waals surface area (Å²) in [7, 11) is 0. The van der Waals surface area contributed by atoms with Crippen molar-refractivity contribution in [2.45, 2.75) is 26.2 Å². The minimum Gasteiger partial charge on any atom is -0.351 e. The number of pyridine rings is 1. The molecule has 23 heavy (non-hydrogen) atoms. The van der Waals surface area contributed by atoms with Crippen molar-refractivity contribution >= 4 is 16.8 Å². The maximum Gasteiger partial charge on any atom is 0.252 e. The average molecular weight is 315 g/mol. The van der Waals surface area contributed by atoms with Crippen LogP contribution in [0.1, 0.15) is 35.3 Å². The number of hydrogen-bond donors (Lipinski definition) is 1. The lowest BCUT2D eigenvalue weighted by Gasteiger charge is -2.26. The van der Waals surface area contributed by atoms with Gasteiger partial charge in [-0.15, -0.1) is 0 Å². The molecule has 122 valence electrons. The lowest BCUT2D eigenvalue weighted by atomic mass is 10.1. The highest BCUT2D eigenvalue weighted by molar-refractivity contribution is 6.06. The molecule has 5 heteroatoms. The van der Waals surface area contributed by atoms with E-state index in [-0.39, 0.29) is 11.7 Å². The molecule has 0 radical (unpaired) electrons. The first-order chi connectivity index (χ1) is 11.1. The molecule has 1 fully saturated rings. The number of halogens is 1. The predicted octanol–water partition coefficient (Wildman–Crippen LogP) is 2.90. The molecule has 0 atom stereocenters. The lowest BCUT2D eigenvalue weighted by molar-refractivity contribution is 0.0948. The fraction of sp³-hybridized carbons (Fsp3) is 0.444. The highest BCUT2D eigenvalue weighted by atomic mass is 19.1. The van der Waals surface area contributed by atoms with E-state index in [0.29, 0.717) is 23.0 Å². The molecule has 1 aromatic heterocycles. The summed E-state index contributed by atoms with van der Waals surface area (Å²) in [4.78, 5) is 19.2. The number of aryl methyl sites for hydroxylation is 1. The summed E-state index contributed by atoms with van der Waals surface area (Å²) in [5.74, 6) is -0.520. The summed E-state index contributed by atoms with van der Waals surface area (Å²) in [5, 5.41) is 3.52. The van der Waals surface area contributed by atoms with Crippen LogP contribution in [-0.2, 0) is 0 Å². The third kappa shape index (κ3) is 3.85. The zero-order chi connectivity index (χ0) is 16.2. The summed E-state index contributed by atoms with van der Waals surface area (Å²) in [5.41, 5.74) is 1.89. The van der Waals surface area contributed by atoms with Gasteiger partial charge >= 0.3 is 0 Å². The van der Waals surface area contributed by atoms with Crippen molar-refractivity contribution < 1.29 is 9.18 Å². The number of hydrogen-bond acceptors (Lipinski definition) is 3. The Morgan fingerprint density at radius 3 is 2.83 bits per heavy atom. The Labute approximate surface area is 135 Å². The van der Waals surface area contributed by atoms with E-state index in [1.165, 1.54) is 31.4 Å². The van der Waals surface area contributed by atoms with E-state index >= 15 is 0 Å². The SMILES string of the molecule is Cc1cc(C(=O)NCCN2CCCCC2)c2cc(F)ccc2n1. The molecule has 1 amide bonds. The van der Waals surface area contributed by atoms with Crippen molar-refractivity contribution in [2.75, 3.05) is 26.2 Å². The van der Waals surface area contributed by atoms with Crippen molar-refractivity contribution in [3.63, 3.8) is 0 Å². The van der Waals surface area contributed by atoms with Gasteiger partial charge in [0.1, 0.15) is 5.82 Å². The number of carbonyl (C=O) groups excluding carboxylic acids is 1.